The summed E-state index contributed by atoms with van der Waals surface area (Å²) in [5, 5.41) is 4.07. The highest BCUT2D eigenvalue weighted by molar-refractivity contribution is 6.32. The fraction of sp³-hybridized carbons (Fsp3) is 0.167. The van der Waals surface area contributed by atoms with Crippen LogP contribution in [0.5, 0.6) is 11.5 Å². The van der Waals surface area contributed by atoms with E-state index in [0.717, 1.165) is 29.3 Å². The Morgan fingerprint density at radius 1 is 1.12 bits per heavy atom. The third-order valence-electron chi connectivity index (χ3n) is 4.55. The molecule has 0 saturated heterocycles. The number of hydrogen-bond donors (Lipinski definition) is 1. The lowest BCUT2D eigenvalue weighted by atomic mass is 10.1. The van der Waals surface area contributed by atoms with Crippen molar-refractivity contribution in [2.45, 2.75) is 19.7 Å². The number of nitrogens with one attached hydrogen (secondary N) is 1. The number of ether oxygens (including phenoxy) is 2. The molecule has 0 radical (unpaired) electrons. The normalized spacial score (nSPS) is 11.5. The third kappa shape index (κ3) is 6.49. The van der Waals surface area contributed by atoms with Gasteiger partial charge in [-0.1, -0.05) is 47.5 Å². The van der Waals surface area contributed by atoms with Gasteiger partial charge in [0.25, 0.3) is 5.91 Å². The SMILES string of the molecule is COc1cc(/C=N\NC(=O)c2cccc(C(F)(F)F)c2)cc(Cl)c1OCc1cccc(C)c1. The largest absolute Gasteiger partial charge is 0.493 e. The first-order chi connectivity index (χ1) is 15.7. The maximum absolute atomic E-state index is 12.8. The molecule has 0 bridgehead atoms. The number of rotatable bonds is 7. The molecule has 0 unspecified atom stereocenters. The van der Waals surface area contributed by atoms with Crippen molar-refractivity contribution in [1.29, 1.82) is 0 Å². The first kappa shape index (κ1) is 24.1. The molecule has 0 aliphatic heterocycles. The van der Waals surface area contributed by atoms with Gasteiger partial charge < -0.3 is 9.47 Å². The summed E-state index contributed by atoms with van der Waals surface area (Å²) in [5.41, 5.74) is 3.67. The summed E-state index contributed by atoms with van der Waals surface area (Å²) in [4.78, 5) is 12.1. The van der Waals surface area contributed by atoms with Crippen molar-refractivity contribution in [2.24, 2.45) is 5.10 Å². The van der Waals surface area contributed by atoms with Crippen molar-refractivity contribution in [2.75, 3.05) is 7.11 Å². The number of nitrogens with zero attached hydrogens (tertiary/aromatic N) is 1. The Labute approximate surface area is 193 Å². The van der Waals surface area contributed by atoms with Crippen molar-refractivity contribution in [1.82, 2.24) is 5.43 Å². The Morgan fingerprint density at radius 2 is 1.88 bits per heavy atom. The zero-order valence-corrected chi connectivity index (χ0v) is 18.5. The molecule has 3 aromatic rings. The van der Waals surface area contributed by atoms with E-state index in [-0.39, 0.29) is 17.2 Å². The molecule has 3 rings (SSSR count). The molecule has 0 atom stereocenters. The standard InChI is InChI=1S/C24H20ClF3N2O3/c1-15-5-3-6-16(9-15)14-33-22-20(25)10-17(11-21(22)32-2)13-29-30-23(31)18-7-4-8-19(12-18)24(26,27)28/h3-13H,14H2,1-2H3,(H,30,31)/b29-13-. The molecule has 1 amide bonds. The van der Waals surface area contributed by atoms with Gasteiger partial charge in [0.15, 0.2) is 11.5 Å². The van der Waals surface area contributed by atoms with Crippen LogP contribution in [0, 0.1) is 6.92 Å². The smallest absolute Gasteiger partial charge is 0.416 e. The van der Waals surface area contributed by atoms with E-state index in [1.165, 1.54) is 19.4 Å². The maximum Gasteiger partial charge on any atom is 0.416 e. The summed E-state index contributed by atoms with van der Waals surface area (Å²) in [5.74, 6) is -0.0693. The van der Waals surface area contributed by atoms with Crippen molar-refractivity contribution in [3.63, 3.8) is 0 Å². The molecule has 0 fully saturated rings. The molecule has 0 aliphatic rings. The van der Waals surface area contributed by atoms with Crippen LogP contribution in [0.4, 0.5) is 13.2 Å². The minimum Gasteiger partial charge on any atom is -0.493 e. The molecule has 1 N–H and O–H groups in total. The van der Waals surface area contributed by atoms with Crippen LogP contribution in [0.3, 0.4) is 0 Å². The van der Waals surface area contributed by atoms with E-state index in [9.17, 15) is 18.0 Å². The van der Waals surface area contributed by atoms with E-state index < -0.39 is 17.6 Å². The molecule has 0 saturated carbocycles. The molecule has 9 heteroatoms. The van der Waals surface area contributed by atoms with Gasteiger partial charge in [-0.05, 0) is 48.4 Å². The highest BCUT2D eigenvalue weighted by atomic mass is 35.5. The second-order valence-corrected chi connectivity index (χ2v) is 7.50. The summed E-state index contributed by atoms with van der Waals surface area (Å²) in [6, 6.07) is 15.1. The van der Waals surface area contributed by atoms with Crippen LogP contribution in [0.1, 0.15) is 32.6 Å². The summed E-state index contributed by atoms with van der Waals surface area (Å²) >= 11 is 6.35. The topological polar surface area (TPSA) is 59.9 Å². The van der Waals surface area contributed by atoms with Gasteiger partial charge in [0, 0.05) is 5.56 Å². The summed E-state index contributed by atoms with van der Waals surface area (Å²) in [6.45, 7) is 2.27. The molecular weight excluding hydrogens is 457 g/mol. The van der Waals surface area contributed by atoms with E-state index in [1.54, 1.807) is 12.1 Å². The second kappa shape index (κ2) is 10.4. The number of alkyl halides is 3. The van der Waals surface area contributed by atoms with Crippen molar-refractivity contribution in [3.8, 4) is 11.5 Å². The fourth-order valence-electron chi connectivity index (χ4n) is 2.98. The van der Waals surface area contributed by atoms with Crippen LogP contribution < -0.4 is 14.9 Å². The van der Waals surface area contributed by atoms with Crippen LogP contribution in [0.25, 0.3) is 0 Å². The molecule has 33 heavy (non-hydrogen) atoms. The number of carbonyl (C=O) groups is 1. The van der Waals surface area contributed by atoms with Gasteiger partial charge >= 0.3 is 6.18 Å². The summed E-state index contributed by atoms with van der Waals surface area (Å²) < 4.78 is 49.6. The van der Waals surface area contributed by atoms with Crippen molar-refractivity contribution in [3.05, 3.63) is 93.5 Å². The Hall–Kier alpha value is -3.52. The third-order valence-corrected chi connectivity index (χ3v) is 4.83. The number of benzene rings is 3. The lowest BCUT2D eigenvalue weighted by Crippen LogP contribution is -2.18. The second-order valence-electron chi connectivity index (χ2n) is 7.09. The zero-order valence-electron chi connectivity index (χ0n) is 17.7. The Bertz CT molecular complexity index is 1180. The molecule has 0 aliphatic carbocycles. The van der Waals surface area contributed by atoms with Crippen molar-refractivity contribution < 1.29 is 27.4 Å². The average Bonchev–Trinajstić information content (AvgIpc) is 2.77. The minimum atomic E-state index is -4.55. The number of halogens is 4. The fourth-order valence-corrected chi connectivity index (χ4v) is 3.25. The molecule has 5 nitrogen and oxygen atoms in total. The molecular formula is C24H20ClF3N2O3. The van der Waals surface area contributed by atoms with Gasteiger partial charge in [0.05, 0.1) is 23.9 Å². The number of carbonyl (C=O) groups excluding carboxylic acids is 1. The lowest BCUT2D eigenvalue weighted by Gasteiger charge is -2.13. The van der Waals surface area contributed by atoms with Gasteiger partial charge in [-0.25, -0.2) is 5.43 Å². The van der Waals surface area contributed by atoms with Gasteiger partial charge in [-0.3, -0.25) is 4.79 Å². The van der Waals surface area contributed by atoms with Crippen LogP contribution in [0.15, 0.2) is 65.8 Å². The van der Waals surface area contributed by atoms with Crippen LogP contribution in [-0.4, -0.2) is 19.2 Å². The molecule has 3 aromatic carbocycles. The maximum atomic E-state index is 12.8. The van der Waals surface area contributed by atoms with Crippen LogP contribution >= 0.6 is 11.6 Å². The monoisotopic (exact) mass is 476 g/mol. The molecule has 0 spiro atoms. The van der Waals surface area contributed by atoms with Gasteiger partial charge in [0.2, 0.25) is 0 Å². The van der Waals surface area contributed by atoms with E-state index in [0.29, 0.717) is 17.1 Å². The molecule has 0 heterocycles. The predicted molar refractivity (Wildman–Crippen MR) is 120 cm³/mol. The zero-order chi connectivity index (χ0) is 24.0. The number of hydrogen-bond acceptors (Lipinski definition) is 4. The first-order valence-corrected chi connectivity index (χ1v) is 10.1. The van der Waals surface area contributed by atoms with Gasteiger partial charge in [-0.15, -0.1) is 0 Å². The predicted octanol–water partition coefficient (Wildman–Crippen LogP) is 6.02. The van der Waals surface area contributed by atoms with E-state index in [4.69, 9.17) is 21.1 Å². The number of aryl methyl sites for hydroxylation is 1. The lowest BCUT2D eigenvalue weighted by molar-refractivity contribution is -0.137. The van der Waals surface area contributed by atoms with E-state index >= 15 is 0 Å². The quantitative estimate of drug-likeness (QED) is 0.335. The Morgan fingerprint density at radius 3 is 2.58 bits per heavy atom. The number of amides is 1. The van der Waals surface area contributed by atoms with Gasteiger partial charge in [-0.2, -0.15) is 18.3 Å². The van der Waals surface area contributed by atoms with E-state index in [1.807, 2.05) is 31.2 Å². The van der Waals surface area contributed by atoms with Gasteiger partial charge in [0.1, 0.15) is 6.61 Å². The average molecular weight is 477 g/mol. The minimum absolute atomic E-state index is 0.169. The molecule has 172 valence electrons. The highest BCUT2D eigenvalue weighted by Gasteiger charge is 2.30. The summed E-state index contributed by atoms with van der Waals surface area (Å²) in [6.07, 6.45) is -3.25. The van der Waals surface area contributed by atoms with Crippen molar-refractivity contribution >= 4 is 23.7 Å². The highest BCUT2D eigenvalue weighted by Crippen LogP contribution is 2.36. The Balaban J connectivity index is 1.70. The first-order valence-electron chi connectivity index (χ1n) is 9.74. The molecule has 0 aromatic heterocycles. The number of methoxy groups -OCH3 is 1. The van der Waals surface area contributed by atoms with Crippen LogP contribution in [-0.2, 0) is 12.8 Å². The van der Waals surface area contributed by atoms with E-state index in [2.05, 4.69) is 10.5 Å². The summed E-state index contributed by atoms with van der Waals surface area (Å²) in [7, 11) is 1.46. The van der Waals surface area contributed by atoms with Crippen LogP contribution in [0.2, 0.25) is 5.02 Å². The number of hydrazone groups is 1. The Kier molecular flexibility index (Phi) is 7.60.